The Hall–Kier alpha value is -2.63. The minimum atomic E-state index is -0.768. The third kappa shape index (κ3) is 64.1. The van der Waals surface area contributed by atoms with E-state index < -0.39 is 6.10 Å². The highest BCUT2D eigenvalue weighted by molar-refractivity contribution is 5.71. The van der Waals surface area contributed by atoms with Crippen molar-refractivity contribution in [2.75, 3.05) is 13.2 Å². The smallest absolute Gasteiger partial charge is 0.306 e. The number of ether oxygens (including phenoxy) is 3. The van der Waals surface area contributed by atoms with Gasteiger partial charge in [0.2, 0.25) is 0 Å². The maximum Gasteiger partial charge on any atom is 0.306 e. The summed E-state index contributed by atoms with van der Waals surface area (Å²) in [6.45, 7) is 6.53. The average molecular weight is 1080 g/mol. The summed E-state index contributed by atoms with van der Waals surface area (Å²) < 4.78 is 16.9. The fourth-order valence-electron chi connectivity index (χ4n) is 10.3. The van der Waals surface area contributed by atoms with E-state index >= 15 is 0 Å². The van der Waals surface area contributed by atoms with Crippen LogP contribution in [0.4, 0.5) is 0 Å². The summed E-state index contributed by atoms with van der Waals surface area (Å²) in [5.41, 5.74) is 0. The van der Waals surface area contributed by atoms with Crippen LogP contribution in [0.15, 0.2) is 48.6 Å². The molecule has 0 saturated carbocycles. The van der Waals surface area contributed by atoms with Gasteiger partial charge in [0.15, 0.2) is 6.10 Å². The summed E-state index contributed by atoms with van der Waals surface area (Å²) in [5, 5.41) is 0. The Balaban J connectivity index is 4.00. The molecule has 1 unspecified atom stereocenters. The topological polar surface area (TPSA) is 78.9 Å². The number of hydrogen-bond donors (Lipinski definition) is 0. The second kappa shape index (κ2) is 65.9. The Labute approximate surface area is 479 Å². The Morgan fingerprint density at radius 1 is 0.273 bits per heavy atom. The number of hydrogen-bond acceptors (Lipinski definition) is 6. The van der Waals surface area contributed by atoms with Crippen LogP contribution in [0.5, 0.6) is 0 Å². The molecule has 6 nitrogen and oxygen atoms in total. The maximum absolute atomic E-state index is 12.9. The molecular weight excluding hydrogens is 949 g/mol. The first-order valence-electron chi connectivity index (χ1n) is 34.1. The third-order valence-corrected chi connectivity index (χ3v) is 15.3. The van der Waals surface area contributed by atoms with Crippen molar-refractivity contribution >= 4 is 17.9 Å². The Morgan fingerprint density at radius 3 is 0.792 bits per heavy atom. The molecule has 0 fully saturated rings. The van der Waals surface area contributed by atoms with Gasteiger partial charge < -0.3 is 14.2 Å². The van der Waals surface area contributed by atoms with Crippen LogP contribution in [0.1, 0.15) is 367 Å². The molecule has 0 rings (SSSR count). The zero-order valence-electron chi connectivity index (χ0n) is 51.7. The van der Waals surface area contributed by atoms with Crippen molar-refractivity contribution in [2.24, 2.45) is 0 Å². The molecule has 0 heterocycles. The SMILES string of the molecule is CC/C=C\C/C=C\C/C=C\C/C=C\CCCCCCCCCCCCCCCCC(=O)OCC(COC(=O)CCCCCCCC)OC(=O)CCCCCCCCCCCCCCCCCCCCCCCCCCCC. The zero-order chi connectivity index (χ0) is 55.7. The van der Waals surface area contributed by atoms with Crippen LogP contribution < -0.4 is 0 Å². The van der Waals surface area contributed by atoms with Gasteiger partial charge in [0.1, 0.15) is 13.2 Å². The fraction of sp³-hybridized carbons (Fsp3) is 0.845. The summed E-state index contributed by atoms with van der Waals surface area (Å²) >= 11 is 0. The molecule has 0 spiro atoms. The summed E-state index contributed by atoms with van der Waals surface area (Å²) in [6, 6.07) is 0. The van der Waals surface area contributed by atoms with E-state index in [0.717, 1.165) is 83.5 Å². The molecule has 0 aliphatic rings. The lowest BCUT2D eigenvalue weighted by atomic mass is 10.0. The average Bonchev–Trinajstić information content (AvgIpc) is 3.43. The first-order chi connectivity index (χ1) is 38.0. The molecule has 0 N–H and O–H groups in total. The van der Waals surface area contributed by atoms with Gasteiger partial charge in [-0.25, -0.2) is 0 Å². The van der Waals surface area contributed by atoms with E-state index in [4.69, 9.17) is 14.2 Å². The second-order valence-electron chi connectivity index (χ2n) is 23.1. The van der Waals surface area contributed by atoms with E-state index in [1.165, 1.54) is 244 Å². The molecule has 0 saturated heterocycles. The number of carbonyl (C=O) groups is 3. The third-order valence-electron chi connectivity index (χ3n) is 15.3. The quantitative estimate of drug-likeness (QED) is 0.0261. The van der Waals surface area contributed by atoms with Crippen LogP contribution in [0, 0.1) is 0 Å². The highest BCUT2D eigenvalue weighted by Gasteiger charge is 2.19. The van der Waals surface area contributed by atoms with Crippen molar-refractivity contribution < 1.29 is 28.6 Å². The molecule has 6 heteroatoms. The summed E-state index contributed by atoms with van der Waals surface area (Å²) in [6.07, 6.45) is 83.2. The number of carbonyl (C=O) groups excluding carboxylic acids is 3. The van der Waals surface area contributed by atoms with E-state index in [-0.39, 0.29) is 31.1 Å². The first-order valence-corrected chi connectivity index (χ1v) is 34.1. The van der Waals surface area contributed by atoms with Crippen LogP contribution in [0.2, 0.25) is 0 Å². The molecule has 0 aliphatic carbocycles. The van der Waals surface area contributed by atoms with E-state index in [1.807, 2.05) is 0 Å². The molecule has 450 valence electrons. The van der Waals surface area contributed by atoms with Gasteiger partial charge in [0.05, 0.1) is 0 Å². The standard InChI is InChI=1S/C71H130O6/c1-4-7-10-13-16-18-20-22-24-26-28-30-32-34-36-38-39-41-43-45-47-49-51-53-55-58-61-64-70(73)76-67-68(66-75-69(72)63-60-57-15-12-9-6-3)77-71(74)65-62-59-56-54-52-50-48-46-44-42-40-37-35-33-31-29-27-25-23-21-19-17-14-11-8-5-2/h7,10,16,18,22,24,28,30,68H,4-6,8-9,11-15,17,19-21,23,25-27,29,31-67H2,1-3H3/b10-7-,18-16-,24-22-,30-28-. The monoisotopic (exact) mass is 1080 g/mol. The van der Waals surface area contributed by atoms with E-state index in [1.54, 1.807) is 0 Å². The van der Waals surface area contributed by atoms with Crippen LogP contribution in [-0.4, -0.2) is 37.2 Å². The van der Waals surface area contributed by atoms with Gasteiger partial charge in [-0.15, -0.1) is 0 Å². The Kier molecular flexibility index (Phi) is 63.6. The lowest BCUT2D eigenvalue weighted by Crippen LogP contribution is -2.30. The van der Waals surface area contributed by atoms with Gasteiger partial charge in [-0.3, -0.25) is 14.4 Å². The minimum absolute atomic E-state index is 0.0684. The predicted molar refractivity (Wildman–Crippen MR) is 335 cm³/mol. The number of allylic oxidation sites excluding steroid dienone is 8. The van der Waals surface area contributed by atoms with Crippen LogP contribution >= 0.6 is 0 Å². The molecule has 77 heavy (non-hydrogen) atoms. The number of esters is 3. The van der Waals surface area contributed by atoms with Crippen molar-refractivity contribution in [3.8, 4) is 0 Å². The molecule has 0 aromatic carbocycles. The van der Waals surface area contributed by atoms with E-state index in [2.05, 4.69) is 69.4 Å². The zero-order valence-corrected chi connectivity index (χ0v) is 51.7. The van der Waals surface area contributed by atoms with E-state index in [9.17, 15) is 14.4 Å². The highest BCUT2D eigenvalue weighted by Crippen LogP contribution is 2.18. The predicted octanol–water partition coefficient (Wildman–Crippen LogP) is 23.3. The number of unbranched alkanes of at least 4 members (excludes halogenated alkanes) is 44. The van der Waals surface area contributed by atoms with Gasteiger partial charge in [0.25, 0.3) is 0 Å². The van der Waals surface area contributed by atoms with Gasteiger partial charge >= 0.3 is 17.9 Å². The largest absolute Gasteiger partial charge is 0.462 e. The number of rotatable bonds is 63. The second-order valence-corrected chi connectivity index (χ2v) is 23.1. The molecule has 0 aliphatic heterocycles. The van der Waals surface area contributed by atoms with E-state index in [0.29, 0.717) is 19.3 Å². The fourth-order valence-corrected chi connectivity index (χ4v) is 10.3. The molecule has 0 amide bonds. The van der Waals surface area contributed by atoms with Crippen molar-refractivity contribution in [1.29, 1.82) is 0 Å². The van der Waals surface area contributed by atoms with Gasteiger partial charge in [-0.2, -0.15) is 0 Å². The lowest BCUT2D eigenvalue weighted by Gasteiger charge is -2.18. The molecule has 0 aromatic heterocycles. The lowest BCUT2D eigenvalue weighted by molar-refractivity contribution is -0.167. The minimum Gasteiger partial charge on any atom is -0.462 e. The van der Waals surface area contributed by atoms with Crippen molar-refractivity contribution in [3.05, 3.63) is 48.6 Å². The van der Waals surface area contributed by atoms with Gasteiger partial charge in [-0.1, -0.05) is 339 Å². The van der Waals surface area contributed by atoms with Crippen LogP contribution in [-0.2, 0) is 28.6 Å². The normalized spacial score (nSPS) is 12.3. The van der Waals surface area contributed by atoms with Crippen LogP contribution in [0.25, 0.3) is 0 Å². The Morgan fingerprint density at radius 2 is 0.506 bits per heavy atom. The Bertz CT molecular complexity index is 1330. The molecule has 0 bridgehead atoms. The van der Waals surface area contributed by atoms with Gasteiger partial charge in [-0.05, 0) is 57.8 Å². The van der Waals surface area contributed by atoms with Crippen molar-refractivity contribution in [1.82, 2.24) is 0 Å². The van der Waals surface area contributed by atoms with Gasteiger partial charge in [0, 0.05) is 19.3 Å². The summed E-state index contributed by atoms with van der Waals surface area (Å²) in [7, 11) is 0. The first kappa shape index (κ1) is 74.4. The molecule has 0 radical (unpaired) electrons. The molecular formula is C71H130O6. The summed E-state index contributed by atoms with van der Waals surface area (Å²) in [4.78, 5) is 38.1. The maximum atomic E-state index is 12.9. The van der Waals surface area contributed by atoms with Crippen molar-refractivity contribution in [3.63, 3.8) is 0 Å². The summed E-state index contributed by atoms with van der Waals surface area (Å²) in [5.74, 6) is -0.855. The van der Waals surface area contributed by atoms with Crippen molar-refractivity contribution in [2.45, 2.75) is 374 Å². The highest BCUT2D eigenvalue weighted by atomic mass is 16.6. The molecule has 0 aromatic rings. The van der Waals surface area contributed by atoms with Crippen LogP contribution in [0.3, 0.4) is 0 Å². The molecule has 1 atom stereocenters.